The number of carbonyl (C=O) groups is 1. The zero-order valence-corrected chi connectivity index (χ0v) is 5.45. The zero-order chi connectivity index (χ0) is 7.40. The van der Waals surface area contributed by atoms with Gasteiger partial charge in [0.25, 0.3) is 0 Å². The van der Waals surface area contributed by atoms with Crippen LogP contribution in [0.3, 0.4) is 0 Å². The zero-order valence-electron chi connectivity index (χ0n) is 5.45. The molecule has 1 aromatic rings. The third kappa shape index (κ3) is 1.70. The average molecular weight is 139 g/mol. The van der Waals surface area contributed by atoms with Crippen molar-refractivity contribution in [2.75, 3.05) is 0 Å². The van der Waals surface area contributed by atoms with E-state index in [-0.39, 0.29) is 0 Å². The van der Waals surface area contributed by atoms with Crippen LogP contribution >= 0.6 is 0 Å². The van der Waals surface area contributed by atoms with Gasteiger partial charge in [-0.3, -0.25) is 0 Å². The minimum Gasteiger partial charge on any atom is -0.385 e. The summed E-state index contributed by atoms with van der Waals surface area (Å²) in [6.07, 6.45) is 3.58. The Bertz CT molecular complexity index is 193. The van der Waals surface area contributed by atoms with Crippen LogP contribution in [0.15, 0.2) is 18.5 Å². The lowest BCUT2D eigenvalue weighted by molar-refractivity contribution is -0.114. The maximum absolute atomic E-state index is 9.97. The Morgan fingerprint density at radius 1 is 1.80 bits per heavy atom. The summed E-state index contributed by atoms with van der Waals surface area (Å²) in [7, 11) is 0. The van der Waals surface area contributed by atoms with E-state index in [2.05, 4.69) is 4.98 Å². The van der Waals surface area contributed by atoms with Crippen LogP contribution in [0.5, 0.6) is 0 Å². The molecule has 0 spiro atoms. The van der Waals surface area contributed by atoms with Crippen LogP contribution in [0.4, 0.5) is 0 Å². The molecule has 2 N–H and O–H groups in total. The molecule has 3 nitrogen and oxygen atoms in total. The molecule has 0 fully saturated rings. The summed E-state index contributed by atoms with van der Waals surface area (Å²) in [5.74, 6) is 0. The Morgan fingerprint density at radius 2 is 2.60 bits per heavy atom. The van der Waals surface area contributed by atoms with E-state index in [0.29, 0.717) is 12.7 Å². The fourth-order valence-electron chi connectivity index (χ4n) is 0.775. The van der Waals surface area contributed by atoms with E-state index in [1.807, 2.05) is 6.07 Å². The largest absolute Gasteiger partial charge is 0.385 e. The minimum atomic E-state index is -0.865. The molecule has 54 valence electrons. The van der Waals surface area contributed by atoms with Crippen molar-refractivity contribution in [1.82, 2.24) is 4.98 Å². The molecule has 0 unspecified atom stereocenters. The minimum absolute atomic E-state index is 0.396. The molecule has 0 bridgehead atoms. The van der Waals surface area contributed by atoms with Gasteiger partial charge < -0.3 is 14.9 Å². The molecule has 0 amide bonds. The van der Waals surface area contributed by atoms with Crippen LogP contribution in [0.2, 0.25) is 0 Å². The Kier molecular flexibility index (Phi) is 2.23. The predicted octanol–water partition coefficient (Wildman–Crippen LogP) is 0.117. The van der Waals surface area contributed by atoms with Crippen molar-refractivity contribution < 1.29 is 9.90 Å². The third-order valence-electron chi connectivity index (χ3n) is 1.26. The molecule has 0 aliphatic rings. The molecule has 0 saturated carbocycles. The summed E-state index contributed by atoms with van der Waals surface area (Å²) in [4.78, 5) is 12.8. The van der Waals surface area contributed by atoms with Gasteiger partial charge in [-0.1, -0.05) is 0 Å². The fourth-order valence-corrected chi connectivity index (χ4v) is 0.775. The van der Waals surface area contributed by atoms with Gasteiger partial charge in [-0.2, -0.15) is 0 Å². The molecule has 1 atom stereocenters. The lowest BCUT2D eigenvalue weighted by atomic mass is 10.2. The first kappa shape index (κ1) is 7.02. The van der Waals surface area contributed by atoms with Gasteiger partial charge in [0.05, 0.1) is 0 Å². The van der Waals surface area contributed by atoms with E-state index in [9.17, 15) is 4.79 Å². The van der Waals surface area contributed by atoms with Gasteiger partial charge in [-0.25, -0.2) is 0 Å². The molecule has 0 radical (unpaired) electrons. The molecular formula is C7H9NO2. The van der Waals surface area contributed by atoms with Gasteiger partial charge in [0, 0.05) is 18.8 Å². The number of H-pyrrole nitrogens is 1. The molecular weight excluding hydrogens is 130 g/mol. The number of carbonyl (C=O) groups excluding carboxylic acids is 1. The summed E-state index contributed by atoms with van der Waals surface area (Å²) < 4.78 is 0. The highest BCUT2D eigenvalue weighted by Gasteiger charge is 2.01. The molecule has 1 heterocycles. The number of nitrogens with one attached hydrogen (secondary N) is 1. The van der Waals surface area contributed by atoms with Gasteiger partial charge in [0.15, 0.2) is 0 Å². The normalized spacial score (nSPS) is 12.9. The van der Waals surface area contributed by atoms with Gasteiger partial charge in [0.1, 0.15) is 12.4 Å². The molecule has 0 aliphatic heterocycles. The SMILES string of the molecule is O=C[C@@H](O)Cc1cc[nH]c1. The molecule has 1 aromatic heterocycles. The van der Waals surface area contributed by atoms with Crippen LogP contribution in [0.25, 0.3) is 0 Å². The van der Waals surface area contributed by atoms with Crippen molar-refractivity contribution in [2.24, 2.45) is 0 Å². The van der Waals surface area contributed by atoms with Crippen LogP contribution in [-0.2, 0) is 11.2 Å². The van der Waals surface area contributed by atoms with Crippen LogP contribution in [0.1, 0.15) is 5.56 Å². The van der Waals surface area contributed by atoms with E-state index in [0.717, 1.165) is 5.56 Å². The Balaban J connectivity index is 2.47. The van der Waals surface area contributed by atoms with E-state index < -0.39 is 6.10 Å². The second-order valence-corrected chi connectivity index (χ2v) is 2.13. The van der Waals surface area contributed by atoms with Crippen molar-refractivity contribution in [1.29, 1.82) is 0 Å². The van der Waals surface area contributed by atoms with E-state index in [1.54, 1.807) is 12.4 Å². The summed E-state index contributed by atoms with van der Waals surface area (Å²) in [5, 5.41) is 8.85. The maximum atomic E-state index is 9.97. The lowest BCUT2D eigenvalue weighted by Gasteiger charge is -1.97. The fraction of sp³-hybridized carbons (Fsp3) is 0.286. The average Bonchev–Trinajstić information content (AvgIpc) is 2.40. The van der Waals surface area contributed by atoms with Crippen molar-refractivity contribution in [3.63, 3.8) is 0 Å². The number of aldehydes is 1. The van der Waals surface area contributed by atoms with E-state index in [1.165, 1.54) is 0 Å². The number of aliphatic hydroxyl groups is 1. The summed E-state index contributed by atoms with van der Waals surface area (Å²) in [6.45, 7) is 0. The number of rotatable bonds is 3. The lowest BCUT2D eigenvalue weighted by Crippen LogP contribution is -2.10. The van der Waals surface area contributed by atoms with Crippen molar-refractivity contribution >= 4 is 6.29 Å². The van der Waals surface area contributed by atoms with Crippen LogP contribution in [0, 0.1) is 0 Å². The molecule has 0 aromatic carbocycles. The van der Waals surface area contributed by atoms with Crippen LogP contribution in [-0.4, -0.2) is 22.5 Å². The second kappa shape index (κ2) is 3.17. The molecule has 0 saturated heterocycles. The Hall–Kier alpha value is -1.09. The quantitative estimate of drug-likeness (QED) is 0.584. The molecule has 0 aliphatic carbocycles. The highest BCUT2D eigenvalue weighted by molar-refractivity contribution is 5.56. The first-order valence-electron chi connectivity index (χ1n) is 3.08. The third-order valence-corrected chi connectivity index (χ3v) is 1.26. The first-order chi connectivity index (χ1) is 4.83. The van der Waals surface area contributed by atoms with Crippen molar-refractivity contribution in [3.05, 3.63) is 24.0 Å². The van der Waals surface area contributed by atoms with E-state index in [4.69, 9.17) is 5.11 Å². The maximum Gasteiger partial charge on any atom is 0.148 e. The number of hydrogen-bond donors (Lipinski definition) is 2. The van der Waals surface area contributed by atoms with Gasteiger partial charge >= 0.3 is 0 Å². The molecule has 10 heavy (non-hydrogen) atoms. The topological polar surface area (TPSA) is 53.1 Å². The summed E-state index contributed by atoms with van der Waals surface area (Å²) in [6, 6.07) is 1.83. The first-order valence-corrected chi connectivity index (χ1v) is 3.08. The number of aliphatic hydroxyl groups excluding tert-OH is 1. The Morgan fingerprint density at radius 3 is 3.10 bits per heavy atom. The Labute approximate surface area is 58.7 Å². The van der Waals surface area contributed by atoms with Crippen LogP contribution < -0.4 is 0 Å². The number of aromatic nitrogens is 1. The predicted molar refractivity (Wildman–Crippen MR) is 36.6 cm³/mol. The molecule has 3 heteroatoms. The van der Waals surface area contributed by atoms with E-state index >= 15 is 0 Å². The monoisotopic (exact) mass is 139 g/mol. The van der Waals surface area contributed by atoms with Gasteiger partial charge in [-0.05, 0) is 11.6 Å². The van der Waals surface area contributed by atoms with Gasteiger partial charge in [0.2, 0.25) is 0 Å². The van der Waals surface area contributed by atoms with Crippen molar-refractivity contribution in [2.45, 2.75) is 12.5 Å². The highest BCUT2D eigenvalue weighted by atomic mass is 16.3. The number of hydrogen-bond acceptors (Lipinski definition) is 2. The summed E-state index contributed by atoms with van der Waals surface area (Å²) in [5.41, 5.74) is 0.944. The standard InChI is InChI=1S/C7H9NO2/c9-5-7(10)3-6-1-2-8-4-6/h1-2,4-5,7-8,10H,3H2/t7-/m0/s1. The van der Waals surface area contributed by atoms with Gasteiger partial charge in [-0.15, -0.1) is 0 Å². The highest BCUT2D eigenvalue weighted by Crippen LogP contribution is 1.99. The van der Waals surface area contributed by atoms with Crippen molar-refractivity contribution in [3.8, 4) is 0 Å². The summed E-state index contributed by atoms with van der Waals surface area (Å²) >= 11 is 0. The smallest absolute Gasteiger partial charge is 0.148 e. The second-order valence-electron chi connectivity index (χ2n) is 2.13. The molecule has 1 rings (SSSR count). The number of aromatic amines is 1.